The van der Waals surface area contributed by atoms with Crippen LogP contribution in [0.3, 0.4) is 0 Å². The first-order chi connectivity index (χ1) is 11.6. The van der Waals surface area contributed by atoms with Gasteiger partial charge in [-0.1, -0.05) is 36.4 Å². The van der Waals surface area contributed by atoms with Crippen LogP contribution in [0.15, 0.2) is 72.9 Å². The van der Waals surface area contributed by atoms with Crippen LogP contribution in [0.4, 0.5) is 14.5 Å². The van der Waals surface area contributed by atoms with Crippen molar-refractivity contribution < 1.29 is 13.6 Å². The molecule has 1 aromatic heterocycles. The number of rotatable bonds is 4. The summed E-state index contributed by atoms with van der Waals surface area (Å²) in [6, 6.07) is 17.7. The molecule has 3 aromatic rings. The highest BCUT2D eigenvalue weighted by Gasteiger charge is 2.24. The Hall–Kier alpha value is -3.08. The molecular formula is C19H14F2N2O. The average molecular weight is 324 g/mol. The number of nitrogens with one attached hydrogen (secondary N) is 1. The standard InChI is InChI=1S/C19H14F2N2O/c20-15-10-9-14(12-16(15)21)23-19(24)18(13-6-2-1-3-7-13)17-8-4-5-11-22-17/h1-12,18H,(H,23,24). The van der Waals surface area contributed by atoms with E-state index >= 15 is 0 Å². The molecular weight excluding hydrogens is 310 g/mol. The van der Waals surface area contributed by atoms with Crippen LogP contribution in [-0.2, 0) is 4.79 Å². The summed E-state index contributed by atoms with van der Waals surface area (Å²) in [7, 11) is 0. The molecule has 3 rings (SSSR count). The lowest BCUT2D eigenvalue weighted by Crippen LogP contribution is -2.23. The van der Waals surface area contributed by atoms with Gasteiger partial charge in [-0.3, -0.25) is 9.78 Å². The first kappa shape index (κ1) is 15.8. The number of benzene rings is 2. The number of carbonyl (C=O) groups excluding carboxylic acids is 1. The van der Waals surface area contributed by atoms with Crippen molar-refractivity contribution in [3.8, 4) is 0 Å². The second-order valence-electron chi connectivity index (χ2n) is 5.22. The second-order valence-corrected chi connectivity index (χ2v) is 5.22. The number of anilines is 1. The Bertz CT molecular complexity index is 799. The average Bonchev–Trinajstić information content (AvgIpc) is 2.60. The van der Waals surface area contributed by atoms with Gasteiger partial charge in [-0.15, -0.1) is 0 Å². The number of amides is 1. The van der Waals surface area contributed by atoms with Gasteiger partial charge in [-0.2, -0.15) is 0 Å². The van der Waals surface area contributed by atoms with Gasteiger partial charge in [0.15, 0.2) is 11.6 Å². The predicted molar refractivity (Wildman–Crippen MR) is 87.5 cm³/mol. The van der Waals surface area contributed by atoms with E-state index in [4.69, 9.17) is 0 Å². The molecule has 1 atom stereocenters. The molecule has 0 fully saturated rings. The van der Waals surface area contributed by atoms with Crippen molar-refractivity contribution in [2.45, 2.75) is 5.92 Å². The Labute approximate surface area is 138 Å². The maximum atomic E-state index is 13.3. The number of halogens is 2. The molecule has 5 heteroatoms. The summed E-state index contributed by atoms with van der Waals surface area (Å²) in [5.41, 5.74) is 1.52. The summed E-state index contributed by atoms with van der Waals surface area (Å²) in [6.45, 7) is 0. The number of carbonyl (C=O) groups is 1. The molecule has 1 N–H and O–H groups in total. The van der Waals surface area contributed by atoms with Crippen molar-refractivity contribution in [1.82, 2.24) is 4.98 Å². The Morgan fingerprint density at radius 2 is 1.67 bits per heavy atom. The fraction of sp³-hybridized carbons (Fsp3) is 0.0526. The van der Waals surface area contributed by atoms with E-state index < -0.39 is 17.6 Å². The molecule has 3 nitrogen and oxygen atoms in total. The highest BCUT2D eigenvalue weighted by Crippen LogP contribution is 2.25. The van der Waals surface area contributed by atoms with E-state index in [0.717, 1.165) is 17.7 Å². The molecule has 1 heterocycles. The molecule has 1 amide bonds. The molecule has 0 saturated carbocycles. The van der Waals surface area contributed by atoms with Crippen LogP contribution in [0.1, 0.15) is 17.2 Å². The summed E-state index contributed by atoms with van der Waals surface area (Å²) in [4.78, 5) is 17.0. The molecule has 0 bridgehead atoms. The van der Waals surface area contributed by atoms with Gasteiger partial charge in [-0.05, 0) is 29.8 Å². The maximum Gasteiger partial charge on any atom is 0.237 e. The summed E-state index contributed by atoms with van der Waals surface area (Å²) in [5.74, 6) is -2.99. The van der Waals surface area contributed by atoms with Crippen LogP contribution < -0.4 is 5.32 Å². The smallest absolute Gasteiger partial charge is 0.237 e. The van der Waals surface area contributed by atoms with Crippen molar-refractivity contribution in [1.29, 1.82) is 0 Å². The quantitative estimate of drug-likeness (QED) is 0.784. The SMILES string of the molecule is O=C(Nc1ccc(F)c(F)c1)C(c1ccccc1)c1ccccn1. The Kier molecular flexibility index (Phi) is 4.61. The van der Waals surface area contributed by atoms with Gasteiger partial charge in [0.25, 0.3) is 0 Å². The van der Waals surface area contributed by atoms with Crippen molar-refractivity contribution in [2.75, 3.05) is 5.32 Å². The molecule has 0 saturated heterocycles. The van der Waals surface area contributed by atoms with Crippen LogP contribution in [-0.4, -0.2) is 10.9 Å². The molecule has 0 spiro atoms. The third-order valence-corrected chi connectivity index (χ3v) is 3.57. The highest BCUT2D eigenvalue weighted by molar-refractivity contribution is 5.97. The Balaban J connectivity index is 1.93. The topological polar surface area (TPSA) is 42.0 Å². The van der Waals surface area contributed by atoms with Crippen LogP contribution in [0.25, 0.3) is 0 Å². The van der Waals surface area contributed by atoms with Gasteiger partial charge in [0.1, 0.15) is 5.92 Å². The normalized spacial score (nSPS) is 11.8. The first-order valence-corrected chi connectivity index (χ1v) is 7.37. The zero-order valence-corrected chi connectivity index (χ0v) is 12.6. The van der Waals surface area contributed by atoms with Crippen molar-refractivity contribution in [2.24, 2.45) is 0 Å². The molecule has 1 unspecified atom stereocenters. The van der Waals surface area contributed by atoms with E-state index in [1.807, 2.05) is 30.3 Å². The first-order valence-electron chi connectivity index (χ1n) is 7.37. The highest BCUT2D eigenvalue weighted by atomic mass is 19.2. The van der Waals surface area contributed by atoms with Crippen LogP contribution >= 0.6 is 0 Å². The number of aromatic nitrogens is 1. The monoisotopic (exact) mass is 324 g/mol. The molecule has 24 heavy (non-hydrogen) atoms. The fourth-order valence-electron chi connectivity index (χ4n) is 2.44. The van der Waals surface area contributed by atoms with E-state index in [0.29, 0.717) is 5.69 Å². The minimum atomic E-state index is -1.01. The lowest BCUT2D eigenvalue weighted by Gasteiger charge is -2.17. The van der Waals surface area contributed by atoms with E-state index in [1.54, 1.807) is 24.4 Å². The van der Waals surface area contributed by atoms with Crippen LogP contribution in [0.5, 0.6) is 0 Å². The number of nitrogens with zero attached hydrogens (tertiary/aromatic N) is 1. The van der Waals surface area contributed by atoms with Gasteiger partial charge in [0.05, 0.1) is 5.69 Å². The lowest BCUT2D eigenvalue weighted by atomic mass is 9.94. The zero-order chi connectivity index (χ0) is 16.9. The van der Waals surface area contributed by atoms with Crippen molar-refractivity contribution in [3.05, 3.63) is 95.8 Å². The summed E-state index contributed by atoms with van der Waals surface area (Å²) < 4.78 is 26.4. The van der Waals surface area contributed by atoms with E-state index in [1.165, 1.54) is 6.07 Å². The molecule has 2 aromatic carbocycles. The van der Waals surface area contributed by atoms with Gasteiger partial charge in [0, 0.05) is 18.0 Å². The number of hydrogen-bond acceptors (Lipinski definition) is 2. The Morgan fingerprint density at radius 1 is 0.917 bits per heavy atom. The van der Waals surface area contributed by atoms with Crippen molar-refractivity contribution >= 4 is 11.6 Å². The van der Waals surface area contributed by atoms with Crippen molar-refractivity contribution in [3.63, 3.8) is 0 Å². The molecule has 0 aliphatic heterocycles. The van der Waals surface area contributed by atoms with Crippen LogP contribution in [0.2, 0.25) is 0 Å². The molecule has 0 aliphatic rings. The summed E-state index contributed by atoms with van der Waals surface area (Å²) >= 11 is 0. The number of hydrogen-bond donors (Lipinski definition) is 1. The molecule has 0 radical (unpaired) electrons. The molecule has 0 aliphatic carbocycles. The third-order valence-electron chi connectivity index (χ3n) is 3.57. The van der Waals surface area contributed by atoms with Gasteiger partial charge in [-0.25, -0.2) is 8.78 Å². The Morgan fingerprint density at radius 3 is 2.33 bits per heavy atom. The van der Waals surface area contributed by atoms with E-state index in [2.05, 4.69) is 10.3 Å². The maximum absolute atomic E-state index is 13.3. The van der Waals surface area contributed by atoms with Gasteiger partial charge >= 0.3 is 0 Å². The summed E-state index contributed by atoms with van der Waals surface area (Å²) in [6.07, 6.45) is 1.61. The molecule has 120 valence electrons. The minimum absolute atomic E-state index is 0.191. The van der Waals surface area contributed by atoms with Gasteiger partial charge in [0.2, 0.25) is 5.91 Å². The van der Waals surface area contributed by atoms with E-state index in [9.17, 15) is 13.6 Å². The fourth-order valence-corrected chi connectivity index (χ4v) is 2.44. The summed E-state index contributed by atoms with van der Waals surface area (Å²) in [5, 5.41) is 2.62. The predicted octanol–water partition coefficient (Wildman–Crippen LogP) is 4.13. The van der Waals surface area contributed by atoms with Gasteiger partial charge < -0.3 is 5.32 Å². The lowest BCUT2D eigenvalue weighted by molar-refractivity contribution is -0.116. The van der Waals surface area contributed by atoms with Crippen LogP contribution in [0, 0.1) is 11.6 Å². The third kappa shape index (κ3) is 3.46. The second kappa shape index (κ2) is 7.00. The largest absolute Gasteiger partial charge is 0.325 e. The number of pyridine rings is 1. The minimum Gasteiger partial charge on any atom is -0.325 e. The zero-order valence-electron chi connectivity index (χ0n) is 12.6. The van der Waals surface area contributed by atoms with E-state index in [-0.39, 0.29) is 11.6 Å².